The fraction of sp³-hybridized carbons (Fsp3) is 0.174. The summed E-state index contributed by atoms with van der Waals surface area (Å²) in [7, 11) is 0. The minimum atomic E-state index is -1.32. The van der Waals surface area contributed by atoms with Gasteiger partial charge in [-0.25, -0.2) is 4.39 Å². The maximum atomic E-state index is 13.6. The van der Waals surface area contributed by atoms with Crippen molar-refractivity contribution in [2.75, 3.05) is 10.2 Å². The van der Waals surface area contributed by atoms with E-state index in [0.29, 0.717) is 17.1 Å². The molecule has 0 saturated heterocycles. The van der Waals surface area contributed by atoms with Gasteiger partial charge in [-0.3, -0.25) is 14.5 Å². The zero-order valence-corrected chi connectivity index (χ0v) is 18.8. The van der Waals surface area contributed by atoms with E-state index in [-0.39, 0.29) is 42.3 Å². The van der Waals surface area contributed by atoms with Crippen LogP contribution in [0.15, 0.2) is 72.9 Å². The van der Waals surface area contributed by atoms with Crippen LogP contribution in [0.2, 0.25) is 0 Å². The van der Waals surface area contributed by atoms with Crippen molar-refractivity contribution in [3.05, 3.63) is 90.0 Å². The van der Waals surface area contributed by atoms with Crippen molar-refractivity contribution >= 4 is 23.2 Å². The summed E-state index contributed by atoms with van der Waals surface area (Å²) in [4.78, 5) is 28.2. The van der Waals surface area contributed by atoms with Gasteiger partial charge in [-0.05, 0) is 49.7 Å². The number of nitrogens with zero attached hydrogens (tertiary/aromatic N) is 2. The van der Waals surface area contributed by atoms with Gasteiger partial charge in [-0.2, -0.15) is 4.57 Å². The third-order valence-corrected chi connectivity index (χ3v) is 5.36. The monoisotopic (exact) mass is 517 g/mol. The Bertz CT molecular complexity index is 1100. The fourth-order valence-electron chi connectivity index (χ4n) is 3.80. The van der Waals surface area contributed by atoms with Crippen molar-refractivity contribution in [2.24, 2.45) is 0 Å². The van der Waals surface area contributed by atoms with E-state index in [4.69, 9.17) is 0 Å². The lowest BCUT2D eigenvalue weighted by Crippen LogP contribution is -3.00. The standard InChI is InChI=1S/C23H20FN3O2.HI/c1-16-7-3-4-8-19(16)25-22(29)23(2)20-9-5-6-14-26(20)15-21(28)27(23)18-12-10-17(24)11-13-18;/h3-14H,15H2,1-2H3;1H. The quantitative estimate of drug-likeness (QED) is 0.403. The number of rotatable bonds is 3. The zero-order chi connectivity index (χ0) is 20.6. The Balaban J connectivity index is 0.00000256. The number of amides is 2. The van der Waals surface area contributed by atoms with Gasteiger partial charge in [-0.1, -0.05) is 24.3 Å². The van der Waals surface area contributed by atoms with Gasteiger partial charge in [0.2, 0.25) is 17.8 Å². The molecule has 30 heavy (non-hydrogen) atoms. The van der Waals surface area contributed by atoms with E-state index in [9.17, 15) is 14.0 Å². The van der Waals surface area contributed by atoms with Gasteiger partial charge < -0.3 is 29.3 Å². The molecule has 1 atom stereocenters. The van der Waals surface area contributed by atoms with Crippen LogP contribution in [0, 0.1) is 12.7 Å². The topological polar surface area (TPSA) is 53.3 Å². The Hall–Kier alpha value is -2.81. The van der Waals surface area contributed by atoms with Gasteiger partial charge in [0.25, 0.3) is 11.8 Å². The Labute approximate surface area is 191 Å². The minimum absolute atomic E-state index is 0. The van der Waals surface area contributed by atoms with Crippen LogP contribution in [-0.4, -0.2) is 11.8 Å². The molecule has 0 bridgehead atoms. The van der Waals surface area contributed by atoms with Crippen LogP contribution in [0.5, 0.6) is 0 Å². The second kappa shape index (κ2) is 8.51. The van der Waals surface area contributed by atoms with Gasteiger partial charge in [0.15, 0.2) is 6.20 Å². The van der Waals surface area contributed by atoms with Crippen molar-refractivity contribution < 1.29 is 42.5 Å². The molecule has 5 nitrogen and oxygen atoms in total. The molecule has 4 rings (SSSR count). The molecule has 7 heteroatoms. The van der Waals surface area contributed by atoms with Crippen LogP contribution >= 0.6 is 0 Å². The average Bonchev–Trinajstić information content (AvgIpc) is 2.71. The number of carbonyl (C=O) groups excluding carboxylic acids is 2. The van der Waals surface area contributed by atoms with Crippen LogP contribution in [0.4, 0.5) is 15.8 Å². The Morgan fingerprint density at radius 3 is 2.43 bits per heavy atom. The molecular formula is C23H21FIN3O2. The summed E-state index contributed by atoms with van der Waals surface area (Å²) in [5, 5.41) is 2.97. The molecule has 0 saturated carbocycles. The lowest BCUT2D eigenvalue weighted by Gasteiger charge is -2.40. The molecule has 2 amide bonds. The van der Waals surface area contributed by atoms with Gasteiger partial charge >= 0.3 is 0 Å². The number of benzene rings is 2. The Kier molecular flexibility index (Phi) is 6.21. The Morgan fingerprint density at radius 2 is 1.73 bits per heavy atom. The number of pyridine rings is 1. The molecule has 0 aliphatic carbocycles. The summed E-state index contributed by atoms with van der Waals surface area (Å²) in [6.07, 6.45) is 1.79. The molecule has 1 unspecified atom stereocenters. The van der Waals surface area contributed by atoms with Gasteiger partial charge in [0.05, 0.1) is 0 Å². The number of aryl methyl sites for hydroxylation is 1. The molecule has 3 aromatic rings. The highest BCUT2D eigenvalue weighted by Crippen LogP contribution is 2.35. The zero-order valence-electron chi connectivity index (χ0n) is 16.6. The summed E-state index contributed by atoms with van der Waals surface area (Å²) >= 11 is 0. The number of para-hydroxylation sites is 1. The van der Waals surface area contributed by atoms with Gasteiger partial charge in [0, 0.05) is 23.5 Å². The SMILES string of the molecule is Cc1ccccc1NC(=O)C1(C)c2cccc[n+]2CC(=O)N1c1ccc(F)cc1.[I-]. The molecular weight excluding hydrogens is 496 g/mol. The summed E-state index contributed by atoms with van der Waals surface area (Å²) in [6.45, 7) is 3.72. The fourth-order valence-corrected chi connectivity index (χ4v) is 3.80. The van der Waals surface area contributed by atoms with Gasteiger partial charge in [-0.15, -0.1) is 0 Å². The number of nitrogens with one attached hydrogen (secondary N) is 1. The van der Waals surface area contributed by atoms with E-state index >= 15 is 0 Å². The first kappa shape index (κ1) is 21.9. The highest BCUT2D eigenvalue weighted by molar-refractivity contribution is 6.08. The molecule has 2 heterocycles. The van der Waals surface area contributed by atoms with Crippen molar-refractivity contribution in [2.45, 2.75) is 25.9 Å². The number of hydrogen-bond donors (Lipinski definition) is 1. The van der Waals surface area contributed by atoms with Crippen molar-refractivity contribution in [3.8, 4) is 0 Å². The summed E-state index contributed by atoms with van der Waals surface area (Å²) in [5.74, 6) is -0.995. The lowest BCUT2D eigenvalue weighted by atomic mass is 9.89. The molecule has 0 spiro atoms. The number of aromatic nitrogens is 1. The van der Waals surface area contributed by atoms with Crippen molar-refractivity contribution in [3.63, 3.8) is 0 Å². The maximum absolute atomic E-state index is 13.6. The normalized spacial score (nSPS) is 17.7. The third-order valence-electron chi connectivity index (χ3n) is 5.36. The second-order valence-corrected chi connectivity index (χ2v) is 7.26. The van der Waals surface area contributed by atoms with Crippen molar-refractivity contribution in [1.82, 2.24) is 0 Å². The first-order valence-corrected chi connectivity index (χ1v) is 9.36. The molecule has 1 aliphatic rings. The largest absolute Gasteiger partial charge is 1.00 e. The van der Waals surface area contributed by atoms with E-state index in [1.54, 1.807) is 17.7 Å². The summed E-state index contributed by atoms with van der Waals surface area (Å²) in [6, 6.07) is 18.6. The van der Waals surface area contributed by atoms with Crippen LogP contribution in [0.1, 0.15) is 18.2 Å². The van der Waals surface area contributed by atoms with E-state index < -0.39 is 11.4 Å². The third kappa shape index (κ3) is 3.69. The number of carbonyl (C=O) groups is 2. The minimum Gasteiger partial charge on any atom is -1.00 e. The predicted molar refractivity (Wildman–Crippen MR) is 108 cm³/mol. The number of hydrogen-bond acceptors (Lipinski definition) is 2. The Morgan fingerprint density at radius 1 is 1.07 bits per heavy atom. The first-order chi connectivity index (χ1) is 13.9. The van der Waals surface area contributed by atoms with Gasteiger partial charge in [0.1, 0.15) is 5.82 Å². The molecule has 1 aromatic heterocycles. The highest BCUT2D eigenvalue weighted by Gasteiger charge is 2.54. The number of halogens is 2. The number of anilines is 2. The number of fused-ring (bicyclic) bond motifs is 1. The first-order valence-electron chi connectivity index (χ1n) is 9.36. The molecule has 1 aliphatic heterocycles. The molecule has 2 aromatic carbocycles. The summed E-state index contributed by atoms with van der Waals surface area (Å²) < 4.78 is 15.3. The van der Waals surface area contributed by atoms with E-state index in [2.05, 4.69) is 5.32 Å². The smallest absolute Gasteiger partial charge is 0.294 e. The van der Waals surface area contributed by atoms with Crippen LogP contribution in [0.3, 0.4) is 0 Å². The second-order valence-electron chi connectivity index (χ2n) is 7.26. The van der Waals surface area contributed by atoms with Crippen LogP contribution < -0.4 is 38.8 Å². The molecule has 0 fully saturated rings. The van der Waals surface area contributed by atoms with E-state index in [1.165, 1.54) is 29.2 Å². The predicted octanol–water partition coefficient (Wildman–Crippen LogP) is 0.326. The lowest BCUT2D eigenvalue weighted by molar-refractivity contribution is -0.697. The maximum Gasteiger partial charge on any atom is 0.294 e. The van der Waals surface area contributed by atoms with E-state index in [1.807, 2.05) is 49.4 Å². The van der Waals surface area contributed by atoms with E-state index in [0.717, 1.165) is 5.56 Å². The highest BCUT2D eigenvalue weighted by atomic mass is 127. The van der Waals surface area contributed by atoms with Crippen LogP contribution in [-0.2, 0) is 21.7 Å². The summed E-state index contributed by atoms with van der Waals surface area (Å²) in [5.41, 5.74) is 1.42. The average molecular weight is 517 g/mol. The van der Waals surface area contributed by atoms with Crippen molar-refractivity contribution in [1.29, 1.82) is 0 Å². The molecule has 0 radical (unpaired) electrons. The molecule has 154 valence electrons. The van der Waals surface area contributed by atoms with Crippen LogP contribution in [0.25, 0.3) is 0 Å². The molecule has 1 N–H and O–H groups in total.